The first-order chi connectivity index (χ1) is 13.4. The summed E-state index contributed by atoms with van der Waals surface area (Å²) < 4.78 is 11.7. The molecule has 0 aliphatic carbocycles. The van der Waals surface area contributed by atoms with E-state index in [1.807, 2.05) is 31.2 Å². The van der Waals surface area contributed by atoms with Gasteiger partial charge in [0.2, 0.25) is 5.78 Å². The third-order valence-electron chi connectivity index (χ3n) is 4.58. The zero-order chi connectivity index (χ0) is 19.8. The Morgan fingerprint density at radius 2 is 2.00 bits per heavy atom. The topological polar surface area (TPSA) is 81.7 Å². The van der Waals surface area contributed by atoms with Gasteiger partial charge in [-0.15, -0.1) is 11.3 Å². The molecule has 2 heterocycles. The largest absolute Gasteiger partial charge is 0.482 e. The molecule has 28 heavy (non-hydrogen) atoms. The molecule has 0 bridgehead atoms. The second kappa shape index (κ2) is 7.09. The number of nitrogens with one attached hydrogen (secondary N) is 1. The molecule has 0 saturated carbocycles. The average Bonchev–Trinajstić information content (AvgIpc) is 3.03. The molecule has 6 nitrogen and oxygen atoms in total. The van der Waals surface area contributed by atoms with Gasteiger partial charge < -0.3 is 14.8 Å². The van der Waals surface area contributed by atoms with Crippen LogP contribution in [0.5, 0.6) is 5.75 Å². The highest BCUT2D eigenvalue weighted by Crippen LogP contribution is 2.32. The maximum absolute atomic E-state index is 12.7. The number of benzene rings is 2. The van der Waals surface area contributed by atoms with Gasteiger partial charge in [-0.3, -0.25) is 9.59 Å². The number of carbonyl (C=O) groups is 3. The van der Waals surface area contributed by atoms with E-state index in [-0.39, 0.29) is 18.3 Å². The van der Waals surface area contributed by atoms with E-state index in [9.17, 15) is 14.4 Å². The SMILES string of the molecule is Cc1c(C(=O)O[C@H](C)C(=O)c2ccc3c(c2)NC(=O)CO3)sc2ccccc12. The first kappa shape index (κ1) is 18.2. The predicted octanol–water partition coefficient (Wildman–Crippen LogP) is 3.97. The number of hydrogen-bond donors (Lipinski definition) is 1. The highest BCUT2D eigenvalue weighted by Gasteiger charge is 2.25. The van der Waals surface area contributed by atoms with E-state index in [0.29, 0.717) is 21.9 Å². The van der Waals surface area contributed by atoms with E-state index < -0.39 is 12.1 Å². The van der Waals surface area contributed by atoms with E-state index in [4.69, 9.17) is 9.47 Å². The van der Waals surface area contributed by atoms with Gasteiger partial charge in [0.1, 0.15) is 10.6 Å². The van der Waals surface area contributed by atoms with Gasteiger partial charge in [0.15, 0.2) is 12.7 Å². The van der Waals surface area contributed by atoms with Gasteiger partial charge in [-0.2, -0.15) is 0 Å². The third-order valence-corrected chi connectivity index (χ3v) is 5.83. The molecule has 0 saturated heterocycles. The second-order valence-electron chi connectivity index (χ2n) is 6.51. The molecule has 7 heteroatoms. The maximum Gasteiger partial charge on any atom is 0.349 e. The Morgan fingerprint density at radius 3 is 2.79 bits per heavy atom. The quantitative estimate of drug-likeness (QED) is 0.534. The number of Topliss-reactive ketones (excluding diaryl/α,β-unsaturated/α-hetero) is 1. The summed E-state index contributed by atoms with van der Waals surface area (Å²) in [6.07, 6.45) is -0.963. The fourth-order valence-electron chi connectivity index (χ4n) is 3.11. The van der Waals surface area contributed by atoms with Gasteiger partial charge in [0.05, 0.1) is 5.69 Å². The number of amides is 1. The average molecular weight is 395 g/mol. The summed E-state index contributed by atoms with van der Waals surface area (Å²) in [7, 11) is 0. The number of ketones is 1. The van der Waals surface area contributed by atoms with Crippen molar-refractivity contribution in [2.75, 3.05) is 11.9 Å². The first-order valence-corrected chi connectivity index (χ1v) is 9.55. The van der Waals surface area contributed by atoms with Crippen molar-refractivity contribution >= 4 is 44.8 Å². The second-order valence-corrected chi connectivity index (χ2v) is 7.56. The van der Waals surface area contributed by atoms with Crippen LogP contribution >= 0.6 is 11.3 Å². The molecule has 0 unspecified atom stereocenters. The lowest BCUT2D eigenvalue weighted by molar-refractivity contribution is -0.118. The minimum absolute atomic E-state index is 0.0528. The third kappa shape index (κ3) is 3.25. The molecule has 1 N–H and O–H groups in total. The summed E-state index contributed by atoms with van der Waals surface area (Å²) in [5.41, 5.74) is 1.61. The lowest BCUT2D eigenvalue weighted by Crippen LogP contribution is -2.27. The normalized spacial score (nSPS) is 14.0. The van der Waals surface area contributed by atoms with Crippen molar-refractivity contribution < 1.29 is 23.9 Å². The van der Waals surface area contributed by atoms with Crippen molar-refractivity contribution in [1.82, 2.24) is 0 Å². The van der Waals surface area contributed by atoms with Crippen LogP contribution < -0.4 is 10.1 Å². The van der Waals surface area contributed by atoms with Crippen LogP contribution in [-0.2, 0) is 9.53 Å². The molecule has 2 aromatic carbocycles. The van der Waals surface area contributed by atoms with E-state index in [2.05, 4.69) is 5.32 Å². The Kier molecular flexibility index (Phi) is 4.60. The molecule has 1 aliphatic heterocycles. The molecule has 1 amide bonds. The van der Waals surface area contributed by atoms with Crippen molar-refractivity contribution in [2.24, 2.45) is 0 Å². The van der Waals surface area contributed by atoms with Crippen molar-refractivity contribution in [2.45, 2.75) is 20.0 Å². The molecule has 0 fully saturated rings. The van der Waals surface area contributed by atoms with Crippen molar-refractivity contribution in [3.63, 3.8) is 0 Å². The van der Waals surface area contributed by atoms with Gasteiger partial charge in [-0.25, -0.2) is 4.79 Å². The van der Waals surface area contributed by atoms with E-state index in [1.54, 1.807) is 12.1 Å². The van der Waals surface area contributed by atoms with Gasteiger partial charge in [0.25, 0.3) is 5.91 Å². The van der Waals surface area contributed by atoms with Crippen LogP contribution in [0.2, 0.25) is 0 Å². The highest BCUT2D eigenvalue weighted by molar-refractivity contribution is 7.21. The fraction of sp³-hybridized carbons (Fsp3) is 0.190. The number of fused-ring (bicyclic) bond motifs is 2. The van der Waals surface area contributed by atoms with Crippen LogP contribution in [0.3, 0.4) is 0 Å². The number of ether oxygens (including phenoxy) is 2. The Bertz CT molecular complexity index is 1120. The Balaban J connectivity index is 1.53. The summed E-state index contributed by atoms with van der Waals surface area (Å²) in [4.78, 5) is 37.3. The van der Waals surface area contributed by atoms with Crippen LogP contribution in [0, 0.1) is 6.92 Å². The van der Waals surface area contributed by atoms with Gasteiger partial charge in [-0.1, -0.05) is 18.2 Å². The van der Waals surface area contributed by atoms with Crippen molar-refractivity contribution in [3.8, 4) is 5.75 Å². The Labute approximate surface area is 165 Å². The van der Waals surface area contributed by atoms with E-state index in [0.717, 1.165) is 15.6 Å². The molecular weight excluding hydrogens is 378 g/mol. The lowest BCUT2D eigenvalue weighted by atomic mass is 10.1. The lowest BCUT2D eigenvalue weighted by Gasteiger charge is -2.19. The molecule has 1 aliphatic rings. The number of carbonyl (C=O) groups excluding carboxylic acids is 3. The molecule has 4 rings (SSSR count). The van der Waals surface area contributed by atoms with Crippen LogP contribution in [0.4, 0.5) is 5.69 Å². The highest BCUT2D eigenvalue weighted by atomic mass is 32.1. The van der Waals surface area contributed by atoms with Crippen LogP contribution in [0.25, 0.3) is 10.1 Å². The minimum Gasteiger partial charge on any atom is -0.482 e. The summed E-state index contributed by atoms with van der Waals surface area (Å²) in [6, 6.07) is 12.5. The number of aryl methyl sites for hydroxylation is 1. The molecule has 142 valence electrons. The van der Waals surface area contributed by atoms with E-state index in [1.165, 1.54) is 24.3 Å². The van der Waals surface area contributed by atoms with E-state index >= 15 is 0 Å². The van der Waals surface area contributed by atoms with Gasteiger partial charge in [0, 0.05) is 10.3 Å². The summed E-state index contributed by atoms with van der Waals surface area (Å²) in [5.74, 6) is -0.651. The molecular formula is C21H17NO5S. The maximum atomic E-state index is 12.7. The van der Waals surface area contributed by atoms with Crippen LogP contribution in [0.15, 0.2) is 42.5 Å². The fourth-order valence-corrected chi connectivity index (χ4v) is 4.20. The first-order valence-electron chi connectivity index (χ1n) is 8.74. The molecule has 1 atom stereocenters. The monoisotopic (exact) mass is 395 g/mol. The Hall–Kier alpha value is -3.19. The molecule has 3 aromatic rings. The summed E-state index contributed by atoms with van der Waals surface area (Å²) in [5, 5.41) is 3.66. The number of anilines is 1. The standard InChI is InChI=1S/C21H17NO5S/c1-11-14-5-3-4-6-17(14)28-20(11)21(25)27-12(2)19(24)13-7-8-16-15(9-13)22-18(23)10-26-16/h3-9,12H,10H2,1-2H3,(H,22,23)/t12-/m1/s1. The molecule has 0 radical (unpaired) electrons. The zero-order valence-electron chi connectivity index (χ0n) is 15.3. The molecule has 1 aromatic heterocycles. The number of rotatable bonds is 4. The van der Waals surface area contributed by atoms with Crippen molar-refractivity contribution in [1.29, 1.82) is 0 Å². The van der Waals surface area contributed by atoms with Gasteiger partial charge >= 0.3 is 5.97 Å². The predicted molar refractivity (Wildman–Crippen MR) is 106 cm³/mol. The Morgan fingerprint density at radius 1 is 1.21 bits per heavy atom. The summed E-state index contributed by atoms with van der Waals surface area (Å²) in [6.45, 7) is 3.36. The minimum atomic E-state index is -0.963. The number of esters is 1. The van der Waals surface area contributed by atoms with Crippen molar-refractivity contribution in [3.05, 3.63) is 58.5 Å². The van der Waals surface area contributed by atoms with Gasteiger partial charge in [-0.05, 0) is 49.1 Å². The van der Waals surface area contributed by atoms with Crippen LogP contribution in [0.1, 0.15) is 32.5 Å². The smallest absolute Gasteiger partial charge is 0.349 e. The zero-order valence-corrected chi connectivity index (χ0v) is 16.1. The number of hydrogen-bond acceptors (Lipinski definition) is 6. The molecule has 0 spiro atoms. The number of thiophene rings is 1. The summed E-state index contributed by atoms with van der Waals surface area (Å²) >= 11 is 1.35. The van der Waals surface area contributed by atoms with Crippen LogP contribution in [-0.4, -0.2) is 30.4 Å².